The van der Waals surface area contributed by atoms with Gasteiger partial charge < -0.3 is 20.3 Å². The highest BCUT2D eigenvalue weighted by atomic mass is 16.5. The smallest absolute Gasteiger partial charge is 0.306 e. The lowest BCUT2D eigenvalue weighted by Gasteiger charge is -2.24. The monoisotopic (exact) mass is 840 g/mol. The Hall–Kier alpha value is -2.44. The predicted molar refractivity (Wildman–Crippen MR) is 259 cm³/mol. The van der Waals surface area contributed by atoms with E-state index >= 15 is 0 Å². The molecule has 0 rings (SSSR count). The first-order valence-electron chi connectivity index (χ1n) is 25.5. The van der Waals surface area contributed by atoms with Gasteiger partial charge >= 0.3 is 5.97 Å². The SMILES string of the molecule is CCCC/C=C\CCCCCCCC(=O)OC(CCC/C=C\C/C=C\C/C=C\C/C=C\CCCCC)CC(=O)NC(CO)C(O)CCCCCCCCCCCCCCC. The number of esters is 1. The Kier molecular flexibility index (Phi) is 45.7. The van der Waals surface area contributed by atoms with Crippen LogP contribution in [-0.4, -0.2) is 46.9 Å². The van der Waals surface area contributed by atoms with Crippen LogP contribution in [0.5, 0.6) is 0 Å². The molecule has 6 heteroatoms. The molecule has 60 heavy (non-hydrogen) atoms. The molecule has 0 aromatic carbocycles. The van der Waals surface area contributed by atoms with E-state index in [-0.39, 0.29) is 24.9 Å². The molecule has 0 heterocycles. The highest BCUT2D eigenvalue weighted by Crippen LogP contribution is 2.17. The molecule has 0 saturated heterocycles. The second kappa shape index (κ2) is 47.6. The van der Waals surface area contributed by atoms with E-state index in [1.807, 2.05) is 0 Å². The molecule has 0 saturated carbocycles. The molecule has 0 aliphatic rings. The lowest BCUT2D eigenvalue weighted by Crippen LogP contribution is -2.46. The molecule has 0 aliphatic heterocycles. The Morgan fingerprint density at radius 3 is 1.42 bits per heavy atom. The Labute approximate surface area is 371 Å². The van der Waals surface area contributed by atoms with Crippen LogP contribution in [0.1, 0.15) is 245 Å². The van der Waals surface area contributed by atoms with Gasteiger partial charge in [-0.15, -0.1) is 0 Å². The first-order chi connectivity index (χ1) is 29.5. The first-order valence-corrected chi connectivity index (χ1v) is 25.5. The third-order valence-electron chi connectivity index (χ3n) is 11.3. The number of allylic oxidation sites excluding steroid dienone is 10. The Bertz CT molecular complexity index is 1080. The second-order valence-electron chi connectivity index (χ2n) is 17.2. The van der Waals surface area contributed by atoms with Crippen LogP contribution >= 0.6 is 0 Å². The van der Waals surface area contributed by atoms with Crippen molar-refractivity contribution in [3.05, 3.63) is 60.8 Å². The molecule has 0 spiro atoms. The summed E-state index contributed by atoms with van der Waals surface area (Å²) in [5.74, 6) is -0.539. The van der Waals surface area contributed by atoms with E-state index in [1.54, 1.807) is 0 Å². The Morgan fingerprint density at radius 2 is 0.883 bits per heavy atom. The highest BCUT2D eigenvalue weighted by Gasteiger charge is 2.24. The number of amides is 1. The van der Waals surface area contributed by atoms with Gasteiger partial charge in [-0.2, -0.15) is 0 Å². The number of nitrogens with one attached hydrogen (secondary N) is 1. The van der Waals surface area contributed by atoms with Crippen molar-refractivity contribution < 1.29 is 24.5 Å². The van der Waals surface area contributed by atoms with Gasteiger partial charge in [-0.05, 0) is 83.5 Å². The lowest BCUT2D eigenvalue weighted by molar-refractivity contribution is -0.151. The predicted octanol–water partition coefficient (Wildman–Crippen LogP) is 15.2. The summed E-state index contributed by atoms with van der Waals surface area (Å²) in [6.07, 6.45) is 58.5. The topological polar surface area (TPSA) is 95.9 Å². The molecule has 0 fully saturated rings. The minimum Gasteiger partial charge on any atom is -0.462 e. The van der Waals surface area contributed by atoms with Crippen LogP contribution < -0.4 is 5.32 Å². The van der Waals surface area contributed by atoms with Gasteiger partial charge in [0.2, 0.25) is 5.91 Å². The maximum Gasteiger partial charge on any atom is 0.306 e. The van der Waals surface area contributed by atoms with Crippen LogP contribution in [0.4, 0.5) is 0 Å². The molecule has 1 amide bonds. The van der Waals surface area contributed by atoms with Crippen LogP contribution in [0.15, 0.2) is 60.8 Å². The molecular weight excluding hydrogens is 743 g/mol. The summed E-state index contributed by atoms with van der Waals surface area (Å²) >= 11 is 0. The summed E-state index contributed by atoms with van der Waals surface area (Å²) in [6.45, 7) is 6.40. The van der Waals surface area contributed by atoms with Gasteiger partial charge in [0.25, 0.3) is 0 Å². The van der Waals surface area contributed by atoms with Crippen molar-refractivity contribution >= 4 is 11.9 Å². The van der Waals surface area contributed by atoms with Crippen molar-refractivity contribution in [1.29, 1.82) is 0 Å². The van der Waals surface area contributed by atoms with Crippen LogP contribution in [0.2, 0.25) is 0 Å². The minimum absolute atomic E-state index is 0.0358. The number of hydrogen-bond acceptors (Lipinski definition) is 5. The average molecular weight is 840 g/mol. The van der Waals surface area contributed by atoms with Gasteiger partial charge in [0.1, 0.15) is 6.10 Å². The van der Waals surface area contributed by atoms with Crippen LogP contribution in [-0.2, 0) is 14.3 Å². The van der Waals surface area contributed by atoms with Crippen molar-refractivity contribution in [2.75, 3.05) is 6.61 Å². The second-order valence-corrected chi connectivity index (χ2v) is 17.2. The molecule has 0 radical (unpaired) electrons. The van der Waals surface area contributed by atoms with Gasteiger partial charge in [0.05, 0.1) is 25.2 Å². The van der Waals surface area contributed by atoms with Crippen LogP contribution in [0.3, 0.4) is 0 Å². The summed E-state index contributed by atoms with van der Waals surface area (Å²) in [6, 6.07) is -0.721. The van der Waals surface area contributed by atoms with Crippen molar-refractivity contribution in [1.82, 2.24) is 5.32 Å². The van der Waals surface area contributed by atoms with Gasteiger partial charge in [0, 0.05) is 6.42 Å². The van der Waals surface area contributed by atoms with E-state index in [0.717, 1.165) is 77.0 Å². The van der Waals surface area contributed by atoms with Crippen molar-refractivity contribution in [3.8, 4) is 0 Å². The van der Waals surface area contributed by atoms with E-state index in [1.165, 1.54) is 122 Å². The normalized spacial score (nSPS) is 13.8. The van der Waals surface area contributed by atoms with Crippen molar-refractivity contribution in [2.45, 2.75) is 264 Å². The molecule has 3 unspecified atom stereocenters. The Balaban J connectivity index is 4.69. The number of ether oxygens (including phenoxy) is 1. The number of carbonyl (C=O) groups excluding carboxylic acids is 2. The molecule has 0 bridgehead atoms. The molecule has 6 nitrogen and oxygen atoms in total. The zero-order valence-corrected chi connectivity index (χ0v) is 39.6. The minimum atomic E-state index is -0.804. The van der Waals surface area contributed by atoms with Gasteiger partial charge in [-0.1, -0.05) is 210 Å². The first kappa shape index (κ1) is 57.6. The maximum atomic E-state index is 13.2. The quantitative estimate of drug-likeness (QED) is 0.0322. The van der Waals surface area contributed by atoms with E-state index in [0.29, 0.717) is 19.3 Å². The van der Waals surface area contributed by atoms with Crippen molar-refractivity contribution in [2.24, 2.45) is 0 Å². The molecular formula is C54H97NO5. The largest absolute Gasteiger partial charge is 0.462 e. The number of aliphatic hydroxyl groups excluding tert-OH is 2. The summed E-state index contributed by atoms with van der Waals surface area (Å²) < 4.78 is 5.89. The fraction of sp³-hybridized carbons (Fsp3) is 0.778. The molecule has 0 aromatic heterocycles. The fourth-order valence-electron chi connectivity index (χ4n) is 7.40. The summed E-state index contributed by atoms with van der Waals surface area (Å²) in [4.78, 5) is 26.1. The van der Waals surface area contributed by atoms with Crippen molar-refractivity contribution in [3.63, 3.8) is 0 Å². The van der Waals surface area contributed by atoms with Gasteiger partial charge in [-0.3, -0.25) is 9.59 Å². The summed E-state index contributed by atoms with van der Waals surface area (Å²) in [5, 5.41) is 23.7. The van der Waals surface area contributed by atoms with Crippen LogP contribution in [0, 0.1) is 0 Å². The van der Waals surface area contributed by atoms with Gasteiger partial charge in [-0.25, -0.2) is 0 Å². The average Bonchev–Trinajstić information content (AvgIpc) is 3.24. The molecule has 3 atom stereocenters. The maximum absolute atomic E-state index is 13.2. The molecule has 0 aromatic rings. The number of hydrogen-bond donors (Lipinski definition) is 3. The van der Waals surface area contributed by atoms with E-state index in [4.69, 9.17) is 4.74 Å². The summed E-state index contributed by atoms with van der Waals surface area (Å²) in [5.41, 5.74) is 0. The third kappa shape index (κ3) is 42.3. The van der Waals surface area contributed by atoms with E-state index < -0.39 is 18.2 Å². The number of rotatable bonds is 45. The summed E-state index contributed by atoms with van der Waals surface area (Å²) in [7, 11) is 0. The third-order valence-corrected chi connectivity index (χ3v) is 11.3. The zero-order valence-electron chi connectivity index (χ0n) is 39.6. The Morgan fingerprint density at radius 1 is 0.483 bits per heavy atom. The number of unbranched alkanes of at least 4 members (excludes halogenated alkanes) is 23. The highest BCUT2D eigenvalue weighted by molar-refractivity contribution is 5.77. The number of aliphatic hydroxyl groups is 2. The molecule has 3 N–H and O–H groups in total. The van der Waals surface area contributed by atoms with E-state index in [9.17, 15) is 19.8 Å². The van der Waals surface area contributed by atoms with Crippen LogP contribution in [0.25, 0.3) is 0 Å². The van der Waals surface area contributed by atoms with Gasteiger partial charge in [0.15, 0.2) is 0 Å². The standard InChI is InChI=1S/C54H97NO5/c1-4-7-10-13-16-19-22-24-25-26-27-29-31-33-36-39-42-45-50(60-54(59)47-44-41-38-35-30-21-18-15-12-9-6-3)48-53(58)55-51(49-56)52(57)46-43-40-37-34-32-28-23-20-17-14-11-8-5-2/h15-16,18-19,24-25,27,29,33,36,50-52,56-57H,4-14,17,20-23,26,28,30-32,34-35,37-49H2,1-3H3,(H,55,58)/b18-15-,19-16-,25-24-,29-27-,36-33-. The van der Waals surface area contributed by atoms with E-state index in [2.05, 4.69) is 86.8 Å². The molecule has 348 valence electrons. The zero-order chi connectivity index (χ0) is 43.8. The number of carbonyl (C=O) groups is 2. The molecule has 0 aliphatic carbocycles. The lowest BCUT2D eigenvalue weighted by atomic mass is 10.0. The fourth-order valence-corrected chi connectivity index (χ4v) is 7.40.